The minimum absolute atomic E-state index is 0.275. The molecule has 0 aliphatic rings. The SMILES string of the molecule is CCCCCN(C(=O)C(CC(N)=O)NC(=O)OC(C)(C)C)C(C(=O)NCCCC)c1cc(C)cc(C)c1. The third-order valence-corrected chi connectivity index (χ3v) is 5.63. The van der Waals surface area contributed by atoms with Crippen LogP contribution in [0, 0.1) is 13.8 Å². The highest BCUT2D eigenvalue weighted by Crippen LogP contribution is 2.26. The zero-order chi connectivity index (χ0) is 28.2. The van der Waals surface area contributed by atoms with E-state index in [1.807, 2.05) is 45.9 Å². The van der Waals surface area contributed by atoms with Gasteiger partial charge in [0.25, 0.3) is 0 Å². The van der Waals surface area contributed by atoms with Crippen LogP contribution in [0.1, 0.15) is 95.9 Å². The molecule has 1 rings (SSSR count). The lowest BCUT2D eigenvalue weighted by Crippen LogP contribution is -2.54. The van der Waals surface area contributed by atoms with Crippen LogP contribution in [0.15, 0.2) is 18.2 Å². The van der Waals surface area contributed by atoms with Crippen LogP contribution in [0.25, 0.3) is 0 Å². The Morgan fingerprint density at radius 2 is 1.57 bits per heavy atom. The number of aryl methyl sites for hydroxylation is 2. The Hall–Kier alpha value is -3.10. The molecule has 1 aromatic rings. The molecule has 2 unspecified atom stereocenters. The summed E-state index contributed by atoms with van der Waals surface area (Å²) in [6.07, 6.45) is 2.88. The van der Waals surface area contributed by atoms with Crippen LogP contribution < -0.4 is 16.4 Å². The standard InChI is InChI=1S/C28H46N4O5/c1-8-10-12-14-32(26(35)22(18-23(29)33)31-27(36)37-28(5,6)7)24(25(34)30-13-11-9-2)21-16-19(3)15-20(4)17-21/h15-17,22,24H,8-14,18H2,1-7H3,(H2,29,33)(H,30,34)(H,31,36). The second-order valence-electron chi connectivity index (χ2n) is 10.6. The summed E-state index contributed by atoms with van der Waals surface area (Å²) in [6, 6.07) is 3.57. The molecule has 0 saturated heterocycles. The zero-order valence-electron chi connectivity index (χ0n) is 23.6. The molecule has 9 heteroatoms. The quantitative estimate of drug-likeness (QED) is 0.320. The van der Waals surface area contributed by atoms with Gasteiger partial charge in [-0.25, -0.2) is 4.79 Å². The fraction of sp³-hybridized carbons (Fsp3) is 0.643. The summed E-state index contributed by atoms with van der Waals surface area (Å²) in [6.45, 7) is 13.8. The lowest BCUT2D eigenvalue weighted by atomic mass is 9.97. The first kappa shape index (κ1) is 31.9. The van der Waals surface area contributed by atoms with Crippen LogP contribution in [0.5, 0.6) is 0 Å². The largest absolute Gasteiger partial charge is 0.444 e. The number of nitrogens with one attached hydrogen (secondary N) is 2. The Bertz CT molecular complexity index is 905. The molecule has 0 saturated carbocycles. The molecule has 208 valence electrons. The Morgan fingerprint density at radius 1 is 0.973 bits per heavy atom. The molecular formula is C28H46N4O5. The number of rotatable bonds is 14. The number of hydrogen-bond donors (Lipinski definition) is 3. The van der Waals surface area contributed by atoms with E-state index in [0.717, 1.165) is 36.8 Å². The summed E-state index contributed by atoms with van der Waals surface area (Å²) in [4.78, 5) is 53.4. The van der Waals surface area contributed by atoms with Gasteiger partial charge in [0.05, 0.1) is 6.42 Å². The smallest absolute Gasteiger partial charge is 0.408 e. The number of ether oxygens (including phenoxy) is 1. The molecule has 1 aromatic carbocycles. The third-order valence-electron chi connectivity index (χ3n) is 5.63. The minimum atomic E-state index is -1.27. The van der Waals surface area contributed by atoms with Gasteiger partial charge in [-0.1, -0.05) is 62.4 Å². The molecule has 0 bridgehead atoms. The van der Waals surface area contributed by atoms with Crippen molar-refractivity contribution >= 4 is 23.8 Å². The number of benzene rings is 1. The first-order valence-corrected chi connectivity index (χ1v) is 13.2. The van der Waals surface area contributed by atoms with Crippen LogP contribution in [0.3, 0.4) is 0 Å². The lowest BCUT2D eigenvalue weighted by Gasteiger charge is -2.34. The van der Waals surface area contributed by atoms with Crippen LogP contribution in [0.4, 0.5) is 4.79 Å². The summed E-state index contributed by atoms with van der Waals surface area (Å²) in [7, 11) is 0. The molecule has 0 aliphatic carbocycles. The Labute approximate surface area is 221 Å². The second kappa shape index (κ2) is 15.2. The molecule has 4 amide bonds. The summed E-state index contributed by atoms with van der Waals surface area (Å²) in [5.41, 5.74) is 7.24. The average molecular weight is 519 g/mol. The van der Waals surface area contributed by atoms with E-state index in [9.17, 15) is 19.2 Å². The van der Waals surface area contributed by atoms with Gasteiger partial charge in [0.2, 0.25) is 17.7 Å². The molecule has 4 N–H and O–H groups in total. The van der Waals surface area contributed by atoms with Crippen molar-refractivity contribution in [3.05, 3.63) is 34.9 Å². The second-order valence-corrected chi connectivity index (χ2v) is 10.6. The van der Waals surface area contributed by atoms with Crippen LogP contribution in [-0.4, -0.2) is 53.4 Å². The van der Waals surface area contributed by atoms with Gasteiger partial charge in [-0.15, -0.1) is 0 Å². The highest BCUT2D eigenvalue weighted by molar-refractivity contribution is 5.94. The average Bonchev–Trinajstić information content (AvgIpc) is 2.75. The predicted octanol–water partition coefficient (Wildman–Crippen LogP) is 4.05. The van der Waals surface area contributed by atoms with E-state index in [-0.39, 0.29) is 12.5 Å². The van der Waals surface area contributed by atoms with Gasteiger partial charge in [0, 0.05) is 13.1 Å². The Balaban J connectivity index is 3.52. The fourth-order valence-corrected chi connectivity index (χ4v) is 4.08. The highest BCUT2D eigenvalue weighted by Gasteiger charge is 2.36. The summed E-state index contributed by atoms with van der Waals surface area (Å²) in [5, 5.41) is 5.47. The van der Waals surface area contributed by atoms with Crippen molar-refractivity contribution in [2.75, 3.05) is 13.1 Å². The maximum Gasteiger partial charge on any atom is 0.408 e. The summed E-state index contributed by atoms with van der Waals surface area (Å²) in [5.74, 6) is -1.62. The summed E-state index contributed by atoms with van der Waals surface area (Å²) < 4.78 is 5.32. The molecule has 37 heavy (non-hydrogen) atoms. The number of carbonyl (C=O) groups excluding carboxylic acids is 4. The number of nitrogens with two attached hydrogens (primary N) is 1. The van der Waals surface area contributed by atoms with E-state index in [2.05, 4.69) is 10.6 Å². The Morgan fingerprint density at radius 3 is 2.08 bits per heavy atom. The number of carbonyl (C=O) groups is 4. The number of unbranched alkanes of at least 4 members (excludes halogenated alkanes) is 3. The van der Waals surface area contributed by atoms with Crippen LogP contribution in [-0.2, 0) is 19.1 Å². The van der Waals surface area contributed by atoms with Crippen molar-refractivity contribution in [1.82, 2.24) is 15.5 Å². The maximum atomic E-state index is 14.0. The van der Waals surface area contributed by atoms with Crippen molar-refractivity contribution in [2.24, 2.45) is 5.73 Å². The van der Waals surface area contributed by atoms with Crippen molar-refractivity contribution in [1.29, 1.82) is 0 Å². The van der Waals surface area contributed by atoms with E-state index in [0.29, 0.717) is 18.5 Å². The van der Waals surface area contributed by atoms with Crippen LogP contribution in [0.2, 0.25) is 0 Å². The van der Waals surface area contributed by atoms with Gasteiger partial charge in [-0.05, 0) is 53.0 Å². The highest BCUT2D eigenvalue weighted by atomic mass is 16.6. The molecular weight excluding hydrogens is 472 g/mol. The molecule has 0 aromatic heterocycles. The van der Waals surface area contributed by atoms with Gasteiger partial charge in [-0.3, -0.25) is 14.4 Å². The maximum absolute atomic E-state index is 14.0. The minimum Gasteiger partial charge on any atom is -0.444 e. The number of primary amides is 1. The molecule has 9 nitrogen and oxygen atoms in total. The van der Waals surface area contributed by atoms with Crippen molar-refractivity contribution < 1.29 is 23.9 Å². The number of hydrogen-bond acceptors (Lipinski definition) is 5. The van der Waals surface area contributed by atoms with Gasteiger partial charge >= 0.3 is 6.09 Å². The van der Waals surface area contributed by atoms with E-state index >= 15 is 0 Å². The summed E-state index contributed by atoms with van der Waals surface area (Å²) >= 11 is 0. The molecule has 0 fully saturated rings. The van der Waals surface area contributed by atoms with Crippen molar-refractivity contribution in [2.45, 2.75) is 105 Å². The first-order chi connectivity index (χ1) is 17.3. The Kier molecular flexibility index (Phi) is 13.1. The van der Waals surface area contributed by atoms with Gasteiger partial charge in [-0.2, -0.15) is 0 Å². The molecule has 0 heterocycles. The van der Waals surface area contributed by atoms with E-state index in [4.69, 9.17) is 10.5 Å². The normalized spacial score (nSPS) is 12.8. The van der Waals surface area contributed by atoms with E-state index in [1.165, 1.54) is 4.90 Å². The van der Waals surface area contributed by atoms with Gasteiger partial charge in [0.15, 0.2) is 0 Å². The fourth-order valence-electron chi connectivity index (χ4n) is 4.08. The monoisotopic (exact) mass is 518 g/mol. The third kappa shape index (κ3) is 11.7. The molecule has 2 atom stereocenters. The topological polar surface area (TPSA) is 131 Å². The van der Waals surface area contributed by atoms with E-state index in [1.54, 1.807) is 20.8 Å². The van der Waals surface area contributed by atoms with Gasteiger partial charge in [0.1, 0.15) is 17.7 Å². The molecule has 0 aliphatic heterocycles. The lowest BCUT2D eigenvalue weighted by molar-refractivity contribution is -0.143. The van der Waals surface area contributed by atoms with Crippen LogP contribution >= 0.6 is 0 Å². The van der Waals surface area contributed by atoms with Gasteiger partial charge < -0.3 is 26.0 Å². The zero-order valence-corrected chi connectivity index (χ0v) is 23.6. The number of nitrogens with zero attached hydrogens (tertiary/aromatic N) is 1. The molecule has 0 radical (unpaired) electrons. The van der Waals surface area contributed by atoms with Crippen molar-refractivity contribution in [3.63, 3.8) is 0 Å². The number of amides is 4. The predicted molar refractivity (Wildman–Crippen MR) is 145 cm³/mol. The number of alkyl carbamates (subject to hydrolysis) is 1. The first-order valence-electron chi connectivity index (χ1n) is 13.2. The van der Waals surface area contributed by atoms with E-state index < -0.39 is 42.0 Å². The van der Waals surface area contributed by atoms with Crippen molar-refractivity contribution in [3.8, 4) is 0 Å². The molecule has 0 spiro atoms.